The molecule has 5 rings (SSSR count). The van der Waals surface area contributed by atoms with Crippen molar-refractivity contribution in [2.45, 2.75) is 25.6 Å². The Bertz CT molecular complexity index is 1030. The number of amidine groups is 1. The molecule has 0 spiro atoms. The van der Waals surface area contributed by atoms with E-state index < -0.39 is 6.17 Å². The number of benzene rings is 1. The monoisotopic (exact) mass is 361 g/mol. The number of nitrogens with zero attached hydrogens (tertiary/aromatic N) is 4. The first-order valence-electron chi connectivity index (χ1n) is 9.31. The first-order valence-corrected chi connectivity index (χ1v) is 9.31. The minimum absolute atomic E-state index is 0.423. The van der Waals surface area contributed by atoms with E-state index in [1.165, 1.54) is 0 Å². The zero-order valence-corrected chi connectivity index (χ0v) is 14.9. The molecule has 0 radical (unpaired) electrons. The van der Waals surface area contributed by atoms with Gasteiger partial charge in [0.1, 0.15) is 17.8 Å². The lowest BCUT2D eigenvalue weighted by Gasteiger charge is -2.30. The van der Waals surface area contributed by atoms with Gasteiger partial charge >= 0.3 is 0 Å². The van der Waals surface area contributed by atoms with Gasteiger partial charge in [0, 0.05) is 35.6 Å². The number of piperidine rings is 1. The molecule has 6 heteroatoms. The second kappa shape index (κ2) is 6.61. The first kappa shape index (κ1) is 16.2. The Morgan fingerprint density at radius 3 is 3.00 bits per heavy atom. The van der Waals surface area contributed by atoms with Crippen LogP contribution in [0.4, 0.5) is 15.9 Å². The predicted octanol–water partition coefficient (Wildman–Crippen LogP) is 3.94. The number of halogens is 1. The predicted molar refractivity (Wildman–Crippen MR) is 106 cm³/mol. The van der Waals surface area contributed by atoms with Crippen molar-refractivity contribution < 1.29 is 4.39 Å². The highest BCUT2D eigenvalue weighted by molar-refractivity contribution is 6.11. The molecule has 1 saturated heterocycles. The lowest BCUT2D eigenvalue weighted by molar-refractivity contribution is 0.286. The van der Waals surface area contributed by atoms with Crippen molar-refractivity contribution in [2.75, 3.05) is 23.3 Å². The number of hydrogen-bond donors (Lipinski definition) is 1. The van der Waals surface area contributed by atoms with Gasteiger partial charge in [-0.2, -0.15) is 0 Å². The third-order valence-electron chi connectivity index (χ3n) is 5.20. The van der Waals surface area contributed by atoms with Gasteiger partial charge in [-0.1, -0.05) is 0 Å². The van der Waals surface area contributed by atoms with E-state index in [2.05, 4.69) is 37.3 Å². The van der Waals surface area contributed by atoms with Crippen LogP contribution in [0.5, 0.6) is 0 Å². The van der Waals surface area contributed by atoms with Gasteiger partial charge in [0.05, 0.1) is 18.8 Å². The summed E-state index contributed by atoms with van der Waals surface area (Å²) >= 11 is 0. The molecule has 1 atom stereocenters. The van der Waals surface area contributed by atoms with Crippen LogP contribution in [-0.2, 0) is 6.54 Å². The first-order chi connectivity index (χ1) is 13.3. The smallest absolute Gasteiger partial charge is 0.136 e. The van der Waals surface area contributed by atoms with Crippen LogP contribution in [0.3, 0.4) is 0 Å². The Morgan fingerprint density at radius 2 is 2.07 bits per heavy atom. The van der Waals surface area contributed by atoms with E-state index in [1.54, 1.807) is 12.4 Å². The number of anilines is 2. The number of aromatic nitrogens is 2. The van der Waals surface area contributed by atoms with E-state index in [0.29, 0.717) is 19.5 Å². The second-order valence-corrected chi connectivity index (χ2v) is 7.04. The maximum atomic E-state index is 13.8. The molecular formula is C21H20FN5. The Kier molecular flexibility index (Phi) is 3.96. The molecule has 2 aliphatic rings. The summed E-state index contributed by atoms with van der Waals surface area (Å²) in [6.07, 6.45) is 4.34. The van der Waals surface area contributed by atoms with Gasteiger partial charge < -0.3 is 10.2 Å². The van der Waals surface area contributed by atoms with Gasteiger partial charge in [-0.05, 0) is 54.6 Å². The number of fused-ring (bicyclic) bond motifs is 2. The Hall–Kier alpha value is -3.02. The highest BCUT2D eigenvalue weighted by atomic mass is 19.1. The van der Waals surface area contributed by atoms with Gasteiger partial charge in [0.25, 0.3) is 0 Å². The number of aliphatic imine (C=N–C) groups is 1. The summed E-state index contributed by atoms with van der Waals surface area (Å²) in [6, 6.07) is 12.1. The van der Waals surface area contributed by atoms with Gasteiger partial charge in [0.2, 0.25) is 0 Å². The zero-order chi connectivity index (χ0) is 18.2. The van der Waals surface area contributed by atoms with Crippen molar-refractivity contribution in [3.05, 3.63) is 60.0 Å². The van der Waals surface area contributed by atoms with E-state index in [4.69, 9.17) is 0 Å². The third-order valence-corrected chi connectivity index (χ3v) is 5.20. The topological polar surface area (TPSA) is 53.4 Å². The molecule has 4 heterocycles. The van der Waals surface area contributed by atoms with E-state index in [0.717, 1.165) is 52.3 Å². The Balaban J connectivity index is 1.45. The third kappa shape index (κ3) is 3.01. The largest absolute Gasteiger partial charge is 0.353 e. The molecule has 2 aliphatic heterocycles. The van der Waals surface area contributed by atoms with Crippen molar-refractivity contribution in [1.29, 1.82) is 0 Å². The van der Waals surface area contributed by atoms with Gasteiger partial charge in [-0.25, -0.2) is 9.37 Å². The summed E-state index contributed by atoms with van der Waals surface area (Å²) in [6.45, 7) is 1.89. The number of rotatable bonds is 2. The summed E-state index contributed by atoms with van der Waals surface area (Å²) in [5.74, 6) is 1.72. The molecule has 0 bridgehead atoms. The fourth-order valence-corrected chi connectivity index (χ4v) is 3.87. The Morgan fingerprint density at radius 1 is 1.11 bits per heavy atom. The van der Waals surface area contributed by atoms with E-state index in [1.807, 2.05) is 24.3 Å². The average Bonchev–Trinajstić information content (AvgIpc) is 3.10. The summed E-state index contributed by atoms with van der Waals surface area (Å²) in [5.41, 5.74) is 3.02. The molecule has 0 amide bonds. The quantitative estimate of drug-likeness (QED) is 0.751. The summed E-state index contributed by atoms with van der Waals surface area (Å²) in [5, 5.41) is 5.54. The molecule has 0 saturated carbocycles. The zero-order valence-electron chi connectivity index (χ0n) is 14.9. The van der Waals surface area contributed by atoms with Crippen LogP contribution in [0.2, 0.25) is 0 Å². The highest BCUT2D eigenvalue weighted by Gasteiger charge is 2.22. The molecule has 2 aromatic heterocycles. The van der Waals surface area contributed by atoms with Gasteiger partial charge in [-0.3, -0.25) is 9.98 Å². The van der Waals surface area contributed by atoms with E-state index >= 15 is 0 Å². The lowest BCUT2D eigenvalue weighted by atomic mass is 10.1. The second-order valence-electron chi connectivity index (χ2n) is 7.04. The van der Waals surface area contributed by atoms with E-state index in [-0.39, 0.29) is 0 Å². The number of nitrogens with one attached hydrogen (secondary N) is 1. The van der Waals surface area contributed by atoms with E-state index in [9.17, 15) is 4.39 Å². The fraction of sp³-hybridized carbons (Fsp3) is 0.286. The van der Waals surface area contributed by atoms with Gasteiger partial charge in [0.15, 0.2) is 0 Å². The minimum Gasteiger partial charge on any atom is -0.353 e. The maximum absolute atomic E-state index is 13.8. The fourth-order valence-electron chi connectivity index (χ4n) is 3.87. The number of hydrogen-bond acceptors (Lipinski definition) is 5. The average molecular weight is 361 g/mol. The molecule has 1 unspecified atom stereocenters. The van der Waals surface area contributed by atoms with Crippen LogP contribution >= 0.6 is 0 Å². The summed E-state index contributed by atoms with van der Waals surface area (Å²) < 4.78 is 13.8. The molecule has 136 valence electrons. The van der Waals surface area contributed by atoms with Crippen LogP contribution in [0.25, 0.3) is 10.8 Å². The van der Waals surface area contributed by atoms with Gasteiger partial charge in [-0.15, -0.1) is 0 Å². The summed E-state index contributed by atoms with van der Waals surface area (Å²) in [7, 11) is 0. The van der Waals surface area contributed by atoms with Crippen LogP contribution in [0.1, 0.15) is 24.1 Å². The maximum Gasteiger partial charge on any atom is 0.136 e. The molecule has 3 aromatic rings. The number of pyridine rings is 2. The molecule has 0 aliphatic carbocycles. The lowest BCUT2D eigenvalue weighted by Crippen LogP contribution is -2.36. The number of alkyl halides is 1. The standard InChI is InChI=1S/C21H20FN5/c22-15-3-2-10-27(13-15)21-17-6-5-16(11-14(17)7-9-24-21)26-20-18-4-1-8-23-19(18)12-25-20/h1,4-9,11,15H,2-3,10,12-13H2,(H,25,26). The Labute approximate surface area is 157 Å². The SMILES string of the molecule is FC1CCCN(c2nccc3cc(NC4=NCc5ncccc54)ccc23)C1. The highest BCUT2D eigenvalue weighted by Crippen LogP contribution is 2.30. The molecule has 27 heavy (non-hydrogen) atoms. The molecule has 1 aromatic carbocycles. The van der Waals surface area contributed by atoms with Crippen molar-refractivity contribution >= 4 is 28.1 Å². The normalized spacial score (nSPS) is 19.1. The van der Waals surface area contributed by atoms with Crippen molar-refractivity contribution in [3.63, 3.8) is 0 Å². The van der Waals surface area contributed by atoms with Crippen molar-refractivity contribution in [2.24, 2.45) is 4.99 Å². The van der Waals surface area contributed by atoms with Crippen LogP contribution < -0.4 is 10.2 Å². The summed E-state index contributed by atoms with van der Waals surface area (Å²) in [4.78, 5) is 15.5. The molecular weight excluding hydrogens is 341 g/mol. The molecule has 1 fully saturated rings. The molecule has 5 nitrogen and oxygen atoms in total. The van der Waals surface area contributed by atoms with Crippen molar-refractivity contribution in [1.82, 2.24) is 9.97 Å². The van der Waals surface area contributed by atoms with Crippen LogP contribution in [0.15, 0.2) is 53.8 Å². The van der Waals surface area contributed by atoms with Crippen LogP contribution in [0, 0.1) is 0 Å². The van der Waals surface area contributed by atoms with Crippen LogP contribution in [-0.4, -0.2) is 35.1 Å². The van der Waals surface area contributed by atoms with Crippen molar-refractivity contribution in [3.8, 4) is 0 Å². The molecule has 1 N–H and O–H groups in total. The minimum atomic E-state index is -0.772.